The minimum Gasteiger partial charge on any atom is -0.300 e. The van der Waals surface area contributed by atoms with Crippen LogP contribution in [0.3, 0.4) is 0 Å². The summed E-state index contributed by atoms with van der Waals surface area (Å²) in [6.45, 7) is 6.54. The highest BCUT2D eigenvalue weighted by atomic mass is 16.1. The summed E-state index contributed by atoms with van der Waals surface area (Å²) in [7, 11) is 0. The molecule has 0 amide bonds. The number of rotatable bonds is 1. The number of hydrogen-bond donors (Lipinski definition) is 0. The third-order valence-electron chi connectivity index (χ3n) is 8.01. The second-order valence-electron chi connectivity index (χ2n) is 8.92. The van der Waals surface area contributed by atoms with E-state index in [2.05, 4.69) is 26.0 Å². The molecule has 23 heavy (non-hydrogen) atoms. The van der Waals surface area contributed by atoms with Gasteiger partial charge in [-0.3, -0.25) is 9.59 Å². The maximum Gasteiger partial charge on any atom is 0.156 e. The van der Waals surface area contributed by atoms with Crippen LogP contribution in [0.15, 0.2) is 23.8 Å². The second kappa shape index (κ2) is 4.91. The maximum absolute atomic E-state index is 12.1. The highest BCUT2D eigenvalue weighted by Gasteiger charge is 2.58. The molecule has 0 aromatic rings. The van der Waals surface area contributed by atoms with E-state index >= 15 is 0 Å². The van der Waals surface area contributed by atoms with Crippen molar-refractivity contribution in [3.05, 3.63) is 23.8 Å². The number of allylic oxidation sites excluding steroid dienone is 4. The molecule has 0 aromatic carbocycles. The summed E-state index contributed by atoms with van der Waals surface area (Å²) >= 11 is 0. The Kier molecular flexibility index (Phi) is 3.28. The van der Waals surface area contributed by atoms with Crippen molar-refractivity contribution in [3.8, 4) is 0 Å². The van der Waals surface area contributed by atoms with E-state index in [0.717, 1.165) is 12.8 Å². The van der Waals surface area contributed by atoms with Crippen molar-refractivity contribution in [2.24, 2.45) is 34.5 Å². The molecule has 0 spiro atoms. The van der Waals surface area contributed by atoms with Gasteiger partial charge in [-0.05, 0) is 79.3 Å². The van der Waals surface area contributed by atoms with Gasteiger partial charge in [-0.25, -0.2) is 0 Å². The molecule has 4 aliphatic rings. The molecule has 4 aliphatic carbocycles. The molecule has 0 heterocycles. The van der Waals surface area contributed by atoms with Gasteiger partial charge in [0.25, 0.3) is 0 Å². The van der Waals surface area contributed by atoms with Crippen molar-refractivity contribution in [2.45, 2.75) is 59.3 Å². The number of fused-ring (bicyclic) bond motifs is 5. The van der Waals surface area contributed by atoms with Crippen molar-refractivity contribution < 1.29 is 9.59 Å². The first kappa shape index (κ1) is 15.4. The van der Waals surface area contributed by atoms with Crippen LogP contribution in [0.2, 0.25) is 0 Å². The molecule has 0 aromatic heterocycles. The van der Waals surface area contributed by atoms with Crippen LogP contribution in [0.1, 0.15) is 59.3 Å². The fraction of sp³-hybridized carbons (Fsp3) is 0.714. The van der Waals surface area contributed by atoms with Crippen molar-refractivity contribution in [1.29, 1.82) is 0 Å². The molecular formula is C21H28O2. The third-order valence-corrected chi connectivity index (χ3v) is 8.01. The van der Waals surface area contributed by atoms with Gasteiger partial charge >= 0.3 is 0 Å². The van der Waals surface area contributed by atoms with Gasteiger partial charge in [-0.2, -0.15) is 0 Å². The summed E-state index contributed by atoms with van der Waals surface area (Å²) in [6, 6.07) is 0. The van der Waals surface area contributed by atoms with Gasteiger partial charge in [0.05, 0.1) is 0 Å². The van der Waals surface area contributed by atoms with Crippen LogP contribution in [0.25, 0.3) is 0 Å². The lowest BCUT2D eigenvalue weighted by Gasteiger charge is -2.55. The zero-order valence-electron chi connectivity index (χ0n) is 14.6. The fourth-order valence-electron chi connectivity index (χ4n) is 6.66. The van der Waals surface area contributed by atoms with Crippen LogP contribution in [-0.2, 0) is 9.59 Å². The first-order valence-corrected chi connectivity index (χ1v) is 9.30. The van der Waals surface area contributed by atoms with E-state index in [-0.39, 0.29) is 16.7 Å². The van der Waals surface area contributed by atoms with Crippen LogP contribution >= 0.6 is 0 Å². The van der Waals surface area contributed by atoms with E-state index in [1.165, 1.54) is 24.8 Å². The Morgan fingerprint density at radius 2 is 1.91 bits per heavy atom. The summed E-state index contributed by atoms with van der Waals surface area (Å²) in [6.07, 6.45) is 12.9. The van der Waals surface area contributed by atoms with Crippen LogP contribution in [0, 0.1) is 34.5 Å². The van der Waals surface area contributed by atoms with Crippen molar-refractivity contribution in [1.82, 2.24) is 0 Å². The van der Waals surface area contributed by atoms with Gasteiger partial charge in [-0.15, -0.1) is 0 Å². The largest absolute Gasteiger partial charge is 0.300 e. The van der Waals surface area contributed by atoms with Gasteiger partial charge < -0.3 is 0 Å². The summed E-state index contributed by atoms with van der Waals surface area (Å²) < 4.78 is 0. The smallest absolute Gasteiger partial charge is 0.156 e. The summed E-state index contributed by atoms with van der Waals surface area (Å²) in [5.41, 5.74) is 1.63. The SMILES string of the molecule is CC(=O)[C@@H]1CC[C@@H]2[C@H]3C=CC4=CC(=O)CC[C@@]4(C)[C@@H]3CC[C@]21C. The maximum atomic E-state index is 12.1. The standard InChI is InChI=1S/C21H28O2/c1-13(22)17-6-7-18-16-5-4-14-12-15(23)8-10-20(14,2)19(16)9-11-21(17,18)3/h4-5,12,16-19H,6-11H2,1-3H3/t16-,17+,18-,19-,20-,21+/m1/s1. The normalized spacial score (nSPS) is 48.3. The molecular weight excluding hydrogens is 284 g/mol. The lowest BCUT2D eigenvalue weighted by Crippen LogP contribution is -2.49. The summed E-state index contributed by atoms with van der Waals surface area (Å²) in [4.78, 5) is 24.0. The lowest BCUT2D eigenvalue weighted by atomic mass is 9.48. The molecule has 4 rings (SSSR count). The van der Waals surface area contributed by atoms with Crippen LogP contribution in [0.4, 0.5) is 0 Å². The Hall–Kier alpha value is -1.18. The number of Topliss-reactive ketones (excluding diaryl/α,β-unsaturated/α-hetero) is 1. The number of carbonyl (C=O) groups is 2. The van der Waals surface area contributed by atoms with Gasteiger partial charge in [0, 0.05) is 12.3 Å². The second-order valence-corrected chi connectivity index (χ2v) is 8.92. The highest BCUT2D eigenvalue weighted by molar-refractivity contribution is 5.92. The summed E-state index contributed by atoms with van der Waals surface area (Å²) in [5.74, 6) is 2.83. The lowest BCUT2D eigenvalue weighted by molar-refractivity contribution is -0.127. The van der Waals surface area contributed by atoms with Gasteiger partial charge in [0.2, 0.25) is 0 Å². The zero-order valence-corrected chi connectivity index (χ0v) is 14.6. The average Bonchev–Trinajstić information content (AvgIpc) is 2.85. The van der Waals surface area contributed by atoms with E-state index in [4.69, 9.17) is 0 Å². The Balaban J connectivity index is 1.72. The summed E-state index contributed by atoms with van der Waals surface area (Å²) in [5, 5.41) is 0. The molecule has 2 saturated carbocycles. The van der Waals surface area contributed by atoms with Crippen molar-refractivity contribution in [2.75, 3.05) is 0 Å². The monoisotopic (exact) mass is 312 g/mol. The quantitative estimate of drug-likeness (QED) is 0.714. The van der Waals surface area contributed by atoms with E-state index in [1.54, 1.807) is 6.92 Å². The van der Waals surface area contributed by atoms with Crippen LogP contribution in [0.5, 0.6) is 0 Å². The van der Waals surface area contributed by atoms with E-state index < -0.39 is 0 Å². The number of hydrogen-bond acceptors (Lipinski definition) is 2. The van der Waals surface area contributed by atoms with Crippen LogP contribution in [-0.4, -0.2) is 11.6 Å². The molecule has 0 radical (unpaired) electrons. The van der Waals surface area contributed by atoms with Gasteiger partial charge in [0.1, 0.15) is 5.78 Å². The Bertz CT molecular complexity index is 628. The van der Waals surface area contributed by atoms with E-state index in [9.17, 15) is 9.59 Å². The fourth-order valence-corrected chi connectivity index (χ4v) is 6.66. The molecule has 2 heteroatoms. The average molecular weight is 312 g/mol. The Morgan fingerprint density at radius 3 is 2.65 bits per heavy atom. The molecule has 2 nitrogen and oxygen atoms in total. The molecule has 0 saturated heterocycles. The molecule has 0 N–H and O–H groups in total. The highest BCUT2D eigenvalue weighted by Crippen LogP contribution is 2.65. The first-order chi connectivity index (χ1) is 10.9. The first-order valence-electron chi connectivity index (χ1n) is 9.30. The van der Waals surface area contributed by atoms with Crippen molar-refractivity contribution in [3.63, 3.8) is 0 Å². The Labute approximate surface area is 139 Å². The van der Waals surface area contributed by atoms with Gasteiger partial charge in [-0.1, -0.05) is 26.0 Å². The van der Waals surface area contributed by atoms with Crippen LogP contribution < -0.4 is 0 Å². The molecule has 0 aliphatic heterocycles. The molecule has 0 bridgehead atoms. The number of carbonyl (C=O) groups excluding carboxylic acids is 2. The molecule has 2 fully saturated rings. The molecule has 0 unspecified atom stereocenters. The zero-order chi connectivity index (χ0) is 16.4. The number of ketones is 2. The topological polar surface area (TPSA) is 34.1 Å². The molecule has 124 valence electrons. The van der Waals surface area contributed by atoms with Gasteiger partial charge in [0.15, 0.2) is 5.78 Å². The minimum absolute atomic E-state index is 0.170. The van der Waals surface area contributed by atoms with E-state index in [1.807, 2.05) is 6.08 Å². The molecule has 6 atom stereocenters. The third kappa shape index (κ3) is 1.99. The predicted octanol–water partition coefficient (Wildman–Crippen LogP) is 4.50. The minimum atomic E-state index is 0.170. The van der Waals surface area contributed by atoms with Crippen molar-refractivity contribution >= 4 is 11.6 Å². The predicted molar refractivity (Wildman–Crippen MR) is 90.8 cm³/mol. The van der Waals surface area contributed by atoms with E-state index in [0.29, 0.717) is 35.7 Å². The Morgan fingerprint density at radius 1 is 1.13 bits per heavy atom.